The van der Waals surface area contributed by atoms with Gasteiger partial charge in [-0.3, -0.25) is 9.59 Å². The van der Waals surface area contributed by atoms with Gasteiger partial charge in [0.05, 0.1) is 17.7 Å². The SMILES string of the molecule is O=C(c1cc(C2CC2)no1)N1CC[C@]2(CCCN(CCO)C2=O)C1. The summed E-state index contributed by atoms with van der Waals surface area (Å²) in [5.41, 5.74) is 0.387. The van der Waals surface area contributed by atoms with Gasteiger partial charge in [0.25, 0.3) is 5.91 Å². The van der Waals surface area contributed by atoms with Crippen LogP contribution in [0, 0.1) is 5.41 Å². The van der Waals surface area contributed by atoms with Crippen molar-refractivity contribution in [1.82, 2.24) is 15.0 Å². The molecule has 7 nitrogen and oxygen atoms in total. The highest BCUT2D eigenvalue weighted by Crippen LogP contribution is 2.41. The van der Waals surface area contributed by atoms with Gasteiger partial charge in [-0.05, 0) is 32.1 Å². The monoisotopic (exact) mass is 333 g/mol. The Hall–Kier alpha value is -1.89. The summed E-state index contributed by atoms with van der Waals surface area (Å²) in [5.74, 6) is 0.643. The fourth-order valence-corrected chi connectivity index (χ4v) is 4.03. The average molecular weight is 333 g/mol. The summed E-state index contributed by atoms with van der Waals surface area (Å²) in [6.07, 6.45) is 4.64. The molecule has 4 rings (SSSR count). The minimum Gasteiger partial charge on any atom is -0.395 e. The van der Waals surface area contributed by atoms with Crippen LogP contribution in [-0.2, 0) is 4.79 Å². The summed E-state index contributed by atoms with van der Waals surface area (Å²) in [6, 6.07) is 1.76. The maximum absolute atomic E-state index is 12.8. The summed E-state index contributed by atoms with van der Waals surface area (Å²) in [6.45, 7) is 2.05. The molecule has 3 heterocycles. The first kappa shape index (κ1) is 15.6. The third-order valence-electron chi connectivity index (χ3n) is 5.57. The van der Waals surface area contributed by atoms with Gasteiger partial charge in [-0.1, -0.05) is 5.16 Å². The third kappa shape index (κ3) is 2.60. The zero-order valence-corrected chi connectivity index (χ0v) is 13.7. The minimum atomic E-state index is -0.484. The number of nitrogens with zero attached hydrogens (tertiary/aromatic N) is 3. The molecular weight excluding hydrogens is 310 g/mol. The van der Waals surface area contributed by atoms with E-state index in [1.807, 2.05) is 0 Å². The number of hydrogen-bond donors (Lipinski definition) is 1. The van der Waals surface area contributed by atoms with Crippen molar-refractivity contribution in [3.8, 4) is 0 Å². The second-order valence-corrected chi connectivity index (χ2v) is 7.27. The van der Waals surface area contributed by atoms with Crippen molar-refractivity contribution in [3.63, 3.8) is 0 Å². The summed E-state index contributed by atoms with van der Waals surface area (Å²) >= 11 is 0. The molecule has 24 heavy (non-hydrogen) atoms. The lowest BCUT2D eigenvalue weighted by molar-refractivity contribution is -0.146. The third-order valence-corrected chi connectivity index (χ3v) is 5.57. The summed E-state index contributed by atoms with van der Waals surface area (Å²) in [5, 5.41) is 13.1. The van der Waals surface area contributed by atoms with Gasteiger partial charge in [-0.2, -0.15) is 0 Å². The Labute approximate surface area is 140 Å². The minimum absolute atomic E-state index is 0.0214. The van der Waals surface area contributed by atoms with Gasteiger partial charge in [0.1, 0.15) is 0 Å². The maximum atomic E-state index is 12.8. The van der Waals surface area contributed by atoms with Gasteiger partial charge in [0.2, 0.25) is 11.7 Å². The molecule has 7 heteroatoms. The normalized spacial score (nSPS) is 27.3. The van der Waals surface area contributed by atoms with E-state index in [1.165, 1.54) is 0 Å². The number of aromatic nitrogens is 1. The van der Waals surface area contributed by atoms with E-state index < -0.39 is 5.41 Å². The highest BCUT2D eigenvalue weighted by Gasteiger charge is 2.49. The fourth-order valence-electron chi connectivity index (χ4n) is 4.03. The molecule has 0 aromatic carbocycles. The van der Waals surface area contributed by atoms with Crippen LogP contribution >= 0.6 is 0 Å². The van der Waals surface area contributed by atoms with Crippen LogP contribution < -0.4 is 0 Å². The second kappa shape index (κ2) is 5.88. The molecule has 1 aromatic rings. The quantitative estimate of drug-likeness (QED) is 0.888. The number of amides is 2. The van der Waals surface area contributed by atoms with Crippen LogP contribution in [0.3, 0.4) is 0 Å². The van der Waals surface area contributed by atoms with Gasteiger partial charge in [-0.25, -0.2) is 0 Å². The maximum Gasteiger partial charge on any atom is 0.292 e. The number of rotatable bonds is 4. The fraction of sp³-hybridized carbons (Fsp3) is 0.706. The Morgan fingerprint density at radius 3 is 2.96 bits per heavy atom. The van der Waals surface area contributed by atoms with E-state index in [2.05, 4.69) is 5.16 Å². The topological polar surface area (TPSA) is 86.9 Å². The lowest BCUT2D eigenvalue weighted by Crippen LogP contribution is -2.51. The van der Waals surface area contributed by atoms with Crippen LogP contribution in [0.2, 0.25) is 0 Å². The van der Waals surface area contributed by atoms with Crippen molar-refractivity contribution in [2.75, 3.05) is 32.8 Å². The van der Waals surface area contributed by atoms with E-state index in [1.54, 1.807) is 15.9 Å². The summed E-state index contributed by atoms with van der Waals surface area (Å²) in [4.78, 5) is 28.9. The van der Waals surface area contributed by atoms with Crippen molar-refractivity contribution in [3.05, 3.63) is 17.5 Å². The van der Waals surface area contributed by atoms with Crippen LogP contribution in [-0.4, -0.2) is 64.7 Å². The lowest BCUT2D eigenvalue weighted by Gasteiger charge is -2.39. The Kier molecular flexibility index (Phi) is 3.83. The van der Waals surface area contributed by atoms with Gasteiger partial charge in [0, 0.05) is 38.2 Å². The molecule has 1 atom stereocenters. The van der Waals surface area contributed by atoms with Crippen molar-refractivity contribution < 1.29 is 19.2 Å². The van der Waals surface area contributed by atoms with Crippen LogP contribution in [0.25, 0.3) is 0 Å². The van der Waals surface area contributed by atoms with Crippen molar-refractivity contribution in [2.45, 2.75) is 38.0 Å². The molecule has 130 valence electrons. The Morgan fingerprint density at radius 1 is 1.38 bits per heavy atom. The van der Waals surface area contributed by atoms with Gasteiger partial charge in [0.15, 0.2) is 0 Å². The summed E-state index contributed by atoms with van der Waals surface area (Å²) in [7, 11) is 0. The van der Waals surface area contributed by atoms with Gasteiger partial charge < -0.3 is 19.4 Å². The molecule has 1 N–H and O–H groups in total. The van der Waals surface area contributed by atoms with E-state index in [0.29, 0.717) is 38.5 Å². The molecule has 2 amide bonds. The smallest absolute Gasteiger partial charge is 0.292 e. The zero-order valence-electron chi connectivity index (χ0n) is 13.7. The predicted octanol–water partition coefficient (Wildman–Crippen LogP) is 0.999. The molecule has 1 saturated carbocycles. The number of aliphatic hydroxyl groups excluding tert-OH is 1. The van der Waals surface area contributed by atoms with Gasteiger partial charge >= 0.3 is 0 Å². The molecule has 0 radical (unpaired) electrons. The molecule has 3 aliphatic rings. The molecule has 3 fully saturated rings. The number of β-amino-alcohol motifs (C(OH)–C–C–N with tert-alkyl or cyclic N) is 1. The molecule has 0 unspecified atom stereocenters. The largest absolute Gasteiger partial charge is 0.395 e. The Morgan fingerprint density at radius 2 is 2.21 bits per heavy atom. The van der Waals surface area contributed by atoms with Gasteiger partial charge in [-0.15, -0.1) is 0 Å². The molecule has 2 aliphatic heterocycles. The van der Waals surface area contributed by atoms with E-state index >= 15 is 0 Å². The highest BCUT2D eigenvalue weighted by atomic mass is 16.5. The van der Waals surface area contributed by atoms with Crippen molar-refractivity contribution in [2.24, 2.45) is 5.41 Å². The Bertz CT molecular complexity index is 652. The first-order chi connectivity index (χ1) is 11.6. The van der Waals surface area contributed by atoms with Crippen molar-refractivity contribution >= 4 is 11.8 Å². The number of carbonyl (C=O) groups is 2. The number of piperidine rings is 1. The number of likely N-dealkylation sites (tertiary alicyclic amines) is 2. The average Bonchev–Trinajstić information content (AvgIpc) is 3.16. The first-order valence-corrected chi connectivity index (χ1v) is 8.79. The predicted molar refractivity (Wildman–Crippen MR) is 84.3 cm³/mol. The second-order valence-electron chi connectivity index (χ2n) is 7.27. The number of hydrogen-bond acceptors (Lipinski definition) is 5. The summed E-state index contributed by atoms with van der Waals surface area (Å²) < 4.78 is 5.23. The Balaban J connectivity index is 1.46. The molecule has 1 aliphatic carbocycles. The number of carbonyl (C=O) groups excluding carboxylic acids is 2. The lowest BCUT2D eigenvalue weighted by atomic mass is 9.78. The van der Waals surface area contributed by atoms with E-state index in [0.717, 1.165) is 31.4 Å². The molecule has 1 aromatic heterocycles. The van der Waals surface area contributed by atoms with Crippen LogP contribution in [0.1, 0.15) is 54.3 Å². The molecule has 1 spiro atoms. The standard InChI is InChI=1S/C17H23N3O4/c21-9-8-19-6-1-4-17(16(19)23)5-7-20(11-17)15(22)14-10-13(18-24-14)12-2-3-12/h10,12,21H,1-9,11H2/t17-/m1/s1. The number of aliphatic hydroxyl groups is 1. The van der Waals surface area contributed by atoms with Crippen LogP contribution in [0.15, 0.2) is 10.6 Å². The highest BCUT2D eigenvalue weighted by molar-refractivity contribution is 5.93. The molecule has 2 saturated heterocycles. The zero-order chi connectivity index (χ0) is 16.7. The van der Waals surface area contributed by atoms with E-state index in [4.69, 9.17) is 9.63 Å². The van der Waals surface area contributed by atoms with Crippen molar-refractivity contribution in [1.29, 1.82) is 0 Å². The van der Waals surface area contributed by atoms with Crippen LogP contribution in [0.5, 0.6) is 0 Å². The molecule has 0 bridgehead atoms. The van der Waals surface area contributed by atoms with E-state index in [-0.39, 0.29) is 24.2 Å². The van der Waals surface area contributed by atoms with E-state index in [9.17, 15) is 9.59 Å². The first-order valence-electron chi connectivity index (χ1n) is 8.79. The molecular formula is C17H23N3O4. The van der Waals surface area contributed by atoms with Crippen LogP contribution in [0.4, 0.5) is 0 Å².